The normalized spacial score (nSPS) is 27.3. The smallest absolute Gasteiger partial charge is 0.328 e. The molecular formula is C12H19Cl2NO3. The van der Waals surface area contributed by atoms with E-state index in [0.29, 0.717) is 6.42 Å². The van der Waals surface area contributed by atoms with Crippen LogP contribution in [0.15, 0.2) is 0 Å². The van der Waals surface area contributed by atoms with Gasteiger partial charge in [-0.05, 0) is 18.8 Å². The second-order valence-corrected chi connectivity index (χ2v) is 7.49. The summed E-state index contributed by atoms with van der Waals surface area (Å²) < 4.78 is 3.66. The molecule has 0 aromatic carbocycles. The summed E-state index contributed by atoms with van der Waals surface area (Å²) in [4.78, 5) is 23.8. The summed E-state index contributed by atoms with van der Waals surface area (Å²) >= 11 is 11.9. The fourth-order valence-corrected chi connectivity index (χ4v) is 2.39. The van der Waals surface area contributed by atoms with Crippen molar-refractivity contribution in [3.63, 3.8) is 0 Å². The van der Waals surface area contributed by atoms with Gasteiger partial charge in [0.25, 0.3) is 0 Å². The number of esters is 1. The van der Waals surface area contributed by atoms with E-state index in [1.807, 2.05) is 20.8 Å². The first-order chi connectivity index (χ1) is 7.95. The van der Waals surface area contributed by atoms with Gasteiger partial charge in [-0.25, -0.2) is 4.79 Å². The molecule has 0 unspecified atom stereocenters. The number of halogens is 2. The van der Waals surface area contributed by atoms with Crippen LogP contribution in [-0.2, 0) is 14.3 Å². The topological polar surface area (TPSA) is 55.4 Å². The molecule has 0 saturated heterocycles. The van der Waals surface area contributed by atoms with Gasteiger partial charge in [0.1, 0.15) is 10.4 Å². The number of amides is 1. The van der Waals surface area contributed by atoms with Gasteiger partial charge in [0.2, 0.25) is 5.91 Å². The maximum atomic E-state index is 12.1. The highest BCUT2D eigenvalue weighted by Crippen LogP contribution is 2.63. The van der Waals surface area contributed by atoms with Crippen molar-refractivity contribution in [1.29, 1.82) is 0 Å². The molecule has 1 rings (SSSR count). The van der Waals surface area contributed by atoms with Crippen LogP contribution < -0.4 is 5.32 Å². The van der Waals surface area contributed by atoms with Gasteiger partial charge in [-0.3, -0.25) is 4.79 Å². The lowest BCUT2D eigenvalue weighted by Gasteiger charge is -2.30. The van der Waals surface area contributed by atoms with Crippen molar-refractivity contribution in [2.75, 3.05) is 7.11 Å². The second kappa shape index (κ2) is 4.57. The Hall–Kier alpha value is -0.480. The van der Waals surface area contributed by atoms with Crippen molar-refractivity contribution < 1.29 is 14.3 Å². The maximum absolute atomic E-state index is 12.1. The molecule has 0 aliphatic heterocycles. The van der Waals surface area contributed by atoms with Gasteiger partial charge in [-0.1, -0.05) is 20.8 Å². The van der Waals surface area contributed by atoms with Crippen LogP contribution in [0.4, 0.5) is 0 Å². The standard InChI is InChI=1S/C12H19Cl2NO3/c1-10(2,3)7(8(16)18-5)15-9(17)11(4)6-12(11,13)14/h7H,6H2,1-5H3,(H,15,17)/t7-,11-/m1/s1. The highest BCUT2D eigenvalue weighted by molar-refractivity contribution is 6.53. The van der Waals surface area contributed by atoms with Gasteiger partial charge in [-0.2, -0.15) is 0 Å². The lowest BCUT2D eigenvalue weighted by atomic mass is 9.86. The minimum atomic E-state index is -1.05. The van der Waals surface area contributed by atoms with E-state index in [0.717, 1.165) is 0 Å². The zero-order valence-electron chi connectivity index (χ0n) is 11.3. The molecule has 0 bridgehead atoms. The Balaban J connectivity index is 2.81. The lowest BCUT2D eigenvalue weighted by Crippen LogP contribution is -2.52. The van der Waals surface area contributed by atoms with Crippen LogP contribution in [-0.4, -0.2) is 29.4 Å². The Morgan fingerprint density at radius 3 is 2.06 bits per heavy atom. The van der Waals surface area contributed by atoms with Gasteiger partial charge in [-0.15, -0.1) is 23.2 Å². The Morgan fingerprint density at radius 1 is 1.33 bits per heavy atom. The molecule has 1 fully saturated rings. The minimum absolute atomic E-state index is 0.321. The number of hydrogen-bond acceptors (Lipinski definition) is 3. The van der Waals surface area contributed by atoms with E-state index in [1.165, 1.54) is 7.11 Å². The fourth-order valence-electron chi connectivity index (χ4n) is 1.68. The van der Waals surface area contributed by atoms with E-state index in [1.54, 1.807) is 6.92 Å². The summed E-state index contributed by atoms with van der Waals surface area (Å²) in [5.41, 5.74) is -1.29. The first-order valence-electron chi connectivity index (χ1n) is 5.72. The predicted octanol–water partition coefficient (Wildman–Crippen LogP) is 2.27. The third-order valence-corrected chi connectivity index (χ3v) is 4.44. The number of alkyl halides is 2. The number of rotatable bonds is 3. The van der Waals surface area contributed by atoms with Crippen molar-refractivity contribution in [2.45, 2.75) is 44.5 Å². The van der Waals surface area contributed by atoms with E-state index in [9.17, 15) is 9.59 Å². The number of methoxy groups -OCH3 is 1. The zero-order valence-corrected chi connectivity index (χ0v) is 12.8. The van der Waals surface area contributed by atoms with Gasteiger partial charge >= 0.3 is 5.97 Å². The average molecular weight is 296 g/mol. The quantitative estimate of drug-likeness (QED) is 0.642. The van der Waals surface area contributed by atoms with E-state index >= 15 is 0 Å². The Morgan fingerprint density at radius 2 is 1.78 bits per heavy atom. The second-order valence-electron chi connectivity index (χ2n) is 6.01. The highest BCUT2D eigenvalue weighted by Gasteiger charge is 2.68. The first kappa shape index (κ1) is 15.6. The molecule has 1 saturated carbocycles. The molecule has 0 aromatic heterocycles. The summed E-state index contributed by atoms with van der Waals surface area (Å²) in [7, 11) is 1.29. The van der Waals surface area contributed by atoms with Crippen LogP contribution in [0, 0.1) is 10.8 Å². The molecule has 104 valence electrons. The van der Waals surface area contributed by atoms with Gasteiger partial charge in [0.05, 0.1) is 12.5 Å². The summed E-state index contributed by atoms with van der Waals surface area (Å²) in [5, 5.41) is 2.68. The molecule has 0 aromatic rings. The van der Waals surface area contributed by atoms with Crippen molar-refractivity contribution in [3.8, 4) is 0 Å². The molecule has 0 heterocycles. The number of carbonyl (C=O) groups is 2. The van der Waals surface area contributed by atoms with Gasteiger partial charge in [0.15, 0.2) is 0 Å². The minimum Gasteiger partial charge on any atom is -0.467 e. The average Bonchev–Trinajstić information content (AvgIpc) is 2.73. The molecule has 6 heteroatoms. The third-order valence-electron chi connectivity index (χ3n) is 3.34. The van der Waals surface area contributed by atoms with Gasteiger partial charge < -0.3 is 10.1 Å². The van der Waals surface area contributed by atoms with Crippen LogP contribution in [0.3, 0.4) is 0 Å². The van der Waals surface area contributed by atoms with Crippen LogP contribution in [0.25, 0.3) is 0 Å². The maximum Gasteiger partial charge on any atom is 0.328 e. The van der Waals surface area contributed by atoms with E-state index in [2.05, 4.69) is 5.32 Å². The number of hydrogen-bond donors (Lipinski definition) is 1. The van der Waals surface area contributed by atoms with Crippen LogP contribution >= 0.6 is 23.2 Å². The van der Waals surface area contributed by atoms with Crippen LogP contribution in [0.1, 0.15) is 34.1 Å². The first-order valence-corrected chi connectivity index (χ1v) is 6.48. The molecule has 1 amide bonds. The van der Waals surface area contributed by atoms with Crippen molar-refractivity contribution in [3.05, 3.63) is 0 Å². The van der Waals surface area contributed by atoms with E-state index in [4.69, 9.17) is 27.9 Å². The van der Waals surface area contributed by atoms with Crippen molar-refractivity contribution in [2.24, 2.45) is 10.8 Å². The number of carbonyl (C=O) groups excluding carboxylic acids is 2. The Labute approximate surface area is 117 Å². The molecule has 1 aliphatic carbocycles. The molecule has 2 atom stereocenters. The molecular weight excluding hydrogens is 277 g/mol. The van der Waals surface area contributed by atoms with Crippen LogP contribution in [0.5, 0.6) is 0 Å². The third kappa shape index (κ3) is 2.75. The van der Waals surface area contributed by atoms with Gasteiger partial charge in [0, 0.05) is 0 Å². The predicted molar refractivity (Wildman–Crippen MR) is 70.6 cm³/mol. The van der Waals surface area contributed by atoms with E-state index in [-0.39, 0.29) is 5.91 Å². The Bertz CT molecular complexity index is 376. The molecule has 1 aliphatic rings. The fraction of sp³-hybridized carbons (Fsp3) is 0.833. The summed E-state index contributed by atoms with van der Waals surface area (Å²) in [6.07, 6.45) is 0.382. The lowest BCUT2D eigenvalue weighted by molar-refractivity contribution is -0.148. The number of nitrogens with one attached hydrogen (secondary N) is 1. The number of ether oxygens (including phenoxy) is 1. The summed E-state index contributed by atoms with van der Waals surface area (Å²) in [6.45, 7) is 7.22. The van der Waals surface area contributed by atoms with Crippen molar-refractivity contribution >= 4 is 35.1 Å². The molecule has 1 N–H and O–H groups in total. The summed E-state index contributed by atoms with van der Waals surface area (Å²) in [6, 6.07) is -0.725. The van der Waals surface area contributed by atoms with E-state index < -0.39 is 27.2 Å². The van der Waals surface area contributed by atoms with Crippen LogP contribution in [0.2, 0.25) is 0 Å². The largest absolute Gasteiger partial charge is 0.467 e. The molecule has 0 spiro atoms. The summed E-state index contributed by atoms with van der Waals surface area (Å²) in [5.74, 6) is -0.798. The Kier molecular flexibility index (Phi) is 3.95. The molecule has 4 nitrogen and oxygen atoms in total. The monoisotopic (exact) mass is 295 g/mol. The SMILES string of the molecule is COC(=O)[C@@H](NC(=O)[C@@]1(C)CC1(Cl)Cl)C(C)(C)C. The zero-order chi connectivity index (χ0) is 14.4. The molecule has 18 heavy (non-hydrogen) atoms. The molecule has 0 radical (unpaired) electrons. The van der Waals surface area contributed by atoms with Crippen molar-refractivity contribution in [1.82, 2.24) is 5.32 Å². The highest BCUT2D eigenvalue weighted by atomic mass is 35.5.